The van der Waals surface area contributed by atoms with Gasteiger partial charge in [-0.15, -0.1) is 0 Å². The molecule has 3 aromatic rings. The Morgan fingerprint density at radius 2 is 2.00 bits per heavy atom. The summed E-state index contributed by atoms with van der Waals surface area (Å²) in [6.45, 7) is 3.99. The number of nitrogens with zero attached hydrogens (tertiary/aromatic N) is 1. The Morgan fingerprint density at radius 3 is 2.75 bits per heavy atom. The lowest BCUT2D eigenvalue weighted by molar-refractivity contribution is 0.128. The fourth-order valence-electron chi connectivity index (χ4n) is 2.35. The Hall–Kier alpha value is -2.34. The van der Waals surface area contributed by atoms with Gasteiger partial charge in [0.25, 0.3) is 0 Å². The average molecular weight is 388 g/mol. The molecule has 0 radical (unpaired) electrons. The summed E-state index contributed by atoms with van der Waals surface area (Å²) in [6, 6.07) is 15.4. The van der Waals surface area contributed by atoms with E-state index < -0.39 is 11.6 Å². The minimum atomic E-state index is -0.681. The lowest BCUT2D eigenvalue weighted by Crippen LogP contribution is -2.42. The van der Waals surface area contributed by atoms with E-state index in [4.69, 9.17) is 4.74 Å². The van der Waals surface area contributed by atoms with Gasteiger partial charge in [-0.05, 0) is 37.6 Å². The molecule has 1 aromatic heterocycles. The summed E-state index contributed by atoms with van der Waals surface area (Å²) in [5.41, 5.74) is 2.02. The summed E-state index contributed by atoms with van der Waals surface area (Å²) in [6.07, 6.45) is -0.481. The van der Waals surface area contributed by atoms with E-state index in [-0.39, 0.29) is 6.61 Å². The highest BCUT2D eigenvalue weighted by Gasteiger charge is 2.27. The van der Waals surface area contributed by atoms with Crippen LogP contribution in [0, 0.1) is 0 Å². The summed E-state index contributed by atoms with van der Waals surface area (Å²) < 4.78 is 6.24. The molecule has 0 unspecified atom stereocenters. The first-order valence-electron chi connectivity index (χ1n) is 7.59. The van der Waals surface area contributed by atoms with Crippen molar-refractivity contribution in [1.29, 1.82) is 0 Å². The second-order valence-electron chi connectivity index (χ2n) is 6.06. The molecule has 0 aliphatic carbocycles. The molecule has 6 heteroatoms. The van der Waals surface area contributed by atoms with Gasteiger partial charge >= 0.3 is 6.09 Å². The van der Waals surface area contributed by atoms with Crippen molar-refractivity contribution in [3.63, 3.8) is 0 Å². The Morgan fingerprint density at radius 1 is 1.25 bits per heavy atom. The molecule has 2 N–H and O–H groups in total. The average Bonchev–Trinajstić information content (AvgIpc) is 2.97. The number of alkyl carbamates (subject to hydrolysis) is 1. The lowest BCUT2D eigenvalue weighted by atomic mass is 10.1. The number of benzene rings is 2. The number of carbonyl (C=O) groups is 1. The molecule has 0 saturated heterocycles. The van der Waals surface area contributed by atoms with Gasteiger partial charge in [-0.25, -0.2) is 9.78 Å². The van der Waals surface area contributed by atoms with Gasteiger partial charge in [0, 0.05) is 4.47 Å². The highest BCUT2D eigenvalue weighted by atomic mass is 79.9. The lowest BCUT2D eigenvalue weighted by Gasteiger charge is -2.23. The van der Waals surface area contributed by atoms with Crippen molar-refractivity contribution in [2.24, 2.45) is 0 Å². The maximum absolute atomic E-state index is 12.1. The number of H-pyrrole nitrogens is 1. The summed E-state index contributed by atoms with van der Waals surface area (Å²) >= 11 is 3.43. The van der Waals surface area contributed by atoms with Crippen LogP contribution in [-0.4, -0.2) is 16.1 Å². The van der Waals surface area contributed by atoms with Gasteiger partial charge in [-0.2, -0.15) is 0 Å². The first-order chi connectivity index (χ1) is 11.4. The monoisotopic (exact) mass is 387 g/mol. The number of carbonyl (C=O) groups excluding carboxylic acids is 1. The molecule has 0 atom stereocenters. The smallest absolute Gasteiger partial charge is 0.408 e. The van der Waals surface area contributed by atoms with Gasteiger partial charge < -0.3 is 15.0 Å². The zero-order chi connectivity index (χ0) is 17.2. The highest BCUT2D eigenvalue weighted by Crippen LogP contribution is 2.23. The van der Waals surface area contributed by atoms with Crippen LogP contribution in [0.25, 0.3) is 11.0 Å². The number of nitrogens with one attached hydrogen (secondary N) is 2. The normalized spacial score (nSPS) is 11.5. The Balaban J connectivity index is 1.68. The third-order valence-electron chi connectivity index (χ3n) is 3.66. The standard InChI is InChI=1S/C18H18BrN3O2/c1-18(2,16-20-14-9-8-13(19)10-15(14)21-16)22-17(23)24-11-12-6-4-3-5-7-12/h3-10H,11H2,1-2H3,(H,20,21)(H,22,23). The first kappa shape index (κ1) is 16.5. The Kier molecular flexibility index (Phi) is 4.57. The third kappa shape index (κ3) is 3.76. The summed E-state index contributed by atoms with van der Waals surface area (Å²) in [7, 11) is 0. The zero-order valence-corrected chi connectivity index (χ0v) is 15.1. The molecule has 24 heavy (non-hydrogen) atoms. The number of halogens is 1. The van der Waals surface area contributed by atoms with E-state index >= 15 is 0 Å². The van der Waals surface area contributed by atoms with E-state index in [2.05, 4.69) is 31.2 Å². The van der Waals surface area contributed by atoms with E-state index in [0.717, 1.165) is 21.1 Å². The molecule has 2 aromatic carbocycles. The van der Waals surface area contributed by atoms with Crippen LogP contribution < -0.4 is 5.32 Å². The minimum absolute atomic E-state index is 0.232. The van der Waals surface area contributed by atoms with Crippen LogP contribution in [0.2, 0.25) is 0 Å². The predicted molar refractivity (Wildman–Crippen MR) is 96.6 cm³/mol. The van der Waals surface area contributed by atoms with E-state index in [9.17, 15) is 4.79 Å². The molecule has 5 nitrogen and oxygen atoms in total. The first-order valence-corrected chi connectivity index (χ1v) is 8.38. The van der Waals surface area contributed by atoms with E-state index in [0.29, 0.717) is 5.82 Å². The largest absolute Gasteiger partial charge is 0.445 e. The van der Waals surface area contributed by atoms with Gasteiger partial charge in [0.05, 0.1) is 16.6 Å². The molecular formula is C18H18BrN3O2. The van der Waals surface area contributed by atoms with Crippen LogP contribution in [0.5, 0.6) is 0 Å². The number of hydrogen-bond donors (Lipinski definition) is 2. The van der Waals surface area contributed by atoms with Gasteiger partial charge in [0.1, 0.15) is 12.4 Å². The van der Waals surface area contributed by atoms with Crippen LogP contribution in [-0.2, 0) is 16.9 Å². The van der Waals surface area contributed by atoms with Crippen LogP contribution in [0.4, 0.5) is 4.79 Å². The van der Waals surface area contributed by atoms with Crippen LogP contribution in [0.3, 0.4) is 0 Å². The number of rotatable bonds is 4. The molecular weight excluding hydrogens is 370 g/mol. The van der Waals surface area contributed by atoms with Crippen LogP contribution in [0.1, 0.15) is 25.2 Å². The summed E-state index contributed by atoms with van der Waals surface area (Å²) in [4.78, 5) is 19.9. The van der Waals surface area contributed by atoms with Gasteiger partial charge in [0.15, 0.2) is 0 Å². The fraction of sp³-hybridized carbons (Fsp3) is 0.222. The number of ether oxygens (including phenoxy) is 1. The van der Waals surface area contributed by atoms with Gasteiger partial charge in [-0.1, -0.05) is 46.3 Å². The summed E-state index contributed by atoms with van der Waals surface area (Å²) in [5, 5.41) is 2.85. The number of aromatic nitrogens is 2. The van der Waals surface area contributed by atoms with Crippen LogP contribution in [0.15, 0.2) is 53.0 Å². The molecule has 124 valence electrons. The quantitative estimate of drug-likeness (QED) is 0.692. The second kappa shape index (κ2) is 6.65. The molecule has 0 spiro atoms. The molecule has 1 amide bonds. The van der Waals surface area contributed by atoms with E-state index in [1.165, 1.54) is 0 Å². The maximum atomic E-state index is 12.1. The Labute approximate surface area is 148 Å². The third-order valence-corrected chi connectivity index (χ3v) is 4.16. The molecule has 0 aliphatic heterocycles. The van der Waals surface area contributed by atoms with Crippen molar-refractivity contribution in [2.75, 3.05) is 0 Å². The van der Waals surface area contributed by atoms with Crippen molar-refractivity contribution in [1.82, 2.24) is 15.3 Å². The molecule has 3 rings (SSSR count). The molecule has 0 fully saturated rings. The topological polar surface area (TPSA) is 67.0 Å². The van der Waals surface area contributed by atoms with E-state index in [1.54, 1.807) is 0 Å². The number of aromatic amines is 1. The number of hydrogen-bond acceptors (Lipinski definition) is 3. The Bertz CT molecular complexity index is 859. The van der Waals surface area contributed by atoms with Crippen molar-refractivity contribution in [2.45, 2.75) is 26.0 Å². The maximum Gasteiger partial charge on any atom is 0.408 e. The van der Waals surface area contributed by atoms with Crippen molar-refractivity contribution < 1.29 is 9.53 Å². The molecule has 0 bridgehead atoms. The molecule has 0 aliphatic rings. The van der Waals surface area contributed by atoms with E-state index in [1.807, 2.05) is 62.4 Å². The summed E-state index contributed by atoms with van der Waals surface area (Å²) in [5.74, 6) is 0.673. The van der Waals surface area contributed by atoms with Gasteiger partial charge in [0.2, 0.25) is 0 Å². The van der Waals surface area contributed by atoms with Gasteiger partial charge in [-0.3, -0.25) is 0 Å². The van der Waals surface area contributed by atoms with Crippen LogP contribution >= 0.6 is 15.9 Å². The highest BCUT2D eigenvalue weighted by molar-refractivity contribution is 9.10. The predicted octanol–water partition coefficient (Wildman–Crippen LogP) is 4.49. The molecule has 1 heterocycles. The van der Waals surface area contributed by atoms with Crippen molar-refractivity contribution >= 4 is 33.1 Å². The number of amides is 1. The zero-order valence-electron chi connectivity index (χ0n) is 13.5. The van der Waals surface area contributed by atoms with Crippen molar-refractivity contribution in [3.05, 3.63) is 64.4 Å². The fourth-order valence-corrected chi connectivity index (χ4v) is 2.70. The van der Waals surface area contributed by atoms with Crippen molar-refractivity contribution in [3.8, 4) is 0 Å². The molecule has 0 saturated carbocycles. The number of fused-ring (bicyclic) bond motifs is 1. The second-order valence-corrected chi connectivity index (χ2v) is 6.97. The SMILES string of the molecule is CC(C)(NC(=O)OCc1ccccc1)c1nc2cc(Br)ccc2[nH]1. The number of imidazole rings is 1. The minimum Gasteiger partial charge on any atom is -0.445 e.